The number of rotatable bonds is 4. The van der Waals surface area contributed by atoms with Crippen LogP contribution in [0.5, 0.6) is 0 Å². The Bertz CT molecular complexity index is 517. The minimum absolute atomic E-state index is 0.161. The van der Waals surface area contributed by atoms with E-state index in [2.05, 4.69) is 5.32 Å². The Kier molecular flexibility index (Phi) is 4.23. The van der Waals surface area contributed by atoms with Gasteiger partial charge in [0.05, 0.1) is 10.0 Å². The van der Waals surface area contributed by atoms with E-state index in [9.17, 15) is 4.79 Å². The van der Waals surface area contributed by atoms with Gasteiger partial charge >= 0.3 is 0 Å². The minimum atomic E-state index is 0.161. The van der Waals surface area contributed by atoms with Gasteiger partial charge < -0.3 is 5.32 Å². The van der Waals surface area contributed by atoms with Crippen LogP contribution in [0.2, 0.25) is 10.0 Å². The molecule has 0 heterocycles. The zero-order valence-corrected chi connectivity index (χ0v) is 12.9. The van der Waals surface area contributed by atoms with Crippen LogP contribution in [0.3, 0.4) is 0 Å². The van der Waals surface area contributed by atoms with Gasteiger partial charge in [-0.2, -0.15) is 0 Å². The highest BCUT2D eigenvalue weighted by Gasteiger charge is 2.39. The highest BCUT2D eigenvalue weighted by Crippen LogP contribution is 2.44. The summed E-state index contributed by atoms with van der Waals surface area (Å²) in [6.45, 7) is 0. The van der Waals surface area contributed by atoms with Crippen molar-refractivity contribution in [2.75, 3.05) is 0 Å². The molecule has 3 atom stereocenters. The maximum Gasteiger partial charge on any atom is 0.220 e. The molecule has 0 radical (unpaired) electrons. The zero-order valence-electron chi connectivity index (χ0n) is 11.4. The van der Waals surface area contributed by atoms with Gasteiger partial charge in [-0.3, -0.25) is 4.79 Å². The first-order valence-electron chi connectivity index (χ1n) is 7.35. The molecule has 3 rings (SSSR count). The number of hydrogen-bond donors (Lipinski definition) is 1. The maximum atomic E-state index is 12.0. The Balaban J connectivity index is 1.48. The molecule has 1 amide bonds. The van der Waals surface area contributed by atoms with E-state index in [4.69, 9.17) is 23.2 Å². The van der Waals surface area contributed by atoms with E-state index in [0.29, 0.717) is 28.9 Å². The molecular weight excluding hydrogens is 293 g/mol. The molecule has 20 heavy (non-hydrogen) atoms. The Morgan fingerprint density at radius 2 is 2.05 bits per heavy atom. The Labute approximate surface area is 129 Å². The molecule has 2 nitrogen and oxygen atoms in total. The zero-order chi connectivity index (χ0) is 14.1. The van der Waals surface area contributed by atoms with Crippen LogP contribution in [-0.2, 0) is 11.2 Å². The second-order valence-electron chi connectivity index (χ2n) is 6.10. The van der Waals surface area contributed by atoms with Gasteiger partial charge in [0.25, 0.3) is 0 Å². The number of carbonyl (C=O) groups excluding carboxylic acids is 1. The molecule has 2 aliphatic carbocycles. The molecule has 2 bridgehead atoms. The molecule has 2 saturated carbocycles. The summed E-state index contributed by atoms with van der Waals surface area (Å²) in [6.07, 6.45) is 6.39. The van der Waals surface area contributed by atoms with Crippen LogP contribution in [0, 0.1) is 11.8 Å². The summed E-state index contributed by atoms with van der Waals surface area (Å²) in [4.78, 5) is 12.0. The number of aryl methyl sites for hydroxylation is 1. The number of benzene rings is 1. The number of carbonyl (C=O) groups is 1. The molecule has 0 aliphatic heterocycles. The van der Waals surface area contributed by atoms with E-state index in [1.165, 1.54) is 25.7 Å². The first kappa shape index (κ1) is 14.2. The SMILES string of the molecule is O=C(CCc1ccc(Cl)c(Cl)c1)N[C@@H]1C[C@@H]2CC[C@@H]1C2. The summed E-state index contributed by atoms with van der Waals surface area (Å²) in [6, 6.07) is 5.98. The lowest BCUT2D eigenvalue weighted by Crippen LogP contribution is -2.38. The lowest BCUT2D eigenvalue weighted by Gasteiger charge is -2.22. The Hall–Kier alpha value is -0.730. The Morgan fingerprint density at radius 3 is 2.70 bits per heavy atom. The van der Waals surface area contributed by atoms with Crippen LogP contribution in [0.25, 0.3) is 0 Å². The van der Waals surface area contributed by atoms with E-state index in [-0.39, 0.29) is 5.91 Å². The Morgan fingerprint density at radius 1 is 1.20 bits per heavy atom. The van der Waals surface area contributed by atoms with Crippen molar-refractivity contribution in [2.45, 2.75) is 44.6 Å². The summed E-state index contributed by atoms with van der Waals surface area (Å²) in [5.74, 6) is 1.75. The topological polar surface area (TPSA) is 29.1 Å². The van der Waals surface area contributed by atoms with Gasteiger partial charge in [0.2, 0.25) is 5.91 Å². The van der Waals surface area contributed by atoms with Gasteiger partial charge in [-0.25, -0.2) is 0 Å². The summed E-state index contributed by atoms with van der Waals surface area (Å²) >= 11 is 11.9. The third kappa shape index (κ3) is 3.12. The molecular formula is C16H19Cl2NO. The molecule has 4 heteroatoms. The molecule has 108 valence electrons. The van der Waals surface area contributed by atoms with Crippen molar-refractivity contribution in [3.05, 3.63) is 33.8 Å². The highest BCUT2D eigenvalue weighted by atomic mass is 35.5. The van der Waals surface area contributed by atoms with Crippen molar-refractivity contribution < 1.29 is 4.79 Å². The van der Waals surface area contributed by atoms with Gasteiger partial charge in [0.1, 0.15) is 0 Å². The van der Waals surface area contributed by atoms with Gasteiger partial charge in [0, 0.05) is 12.5 Å². The van der Waals surface area contributed by atoms with Gasteiger partial charge in [-0.1, -0.05) is 35.7 Å². The van der Waals surface area contributed by atoms with Crippen molar-refractivity contribution in [3.63, 3.8) is 0 Å². The average Bonchev–Trinajstić information content (AvgIpc) is 3.02. The minimum Gasteiger partial charge on any atom is -0.353 e. The monoisotopic (exact) mass is 311 g/mol. The summed E-state index contributed by atoms with van der Waals surface area (Å²) < 4.78 is 0. The lowest BCUT2D eigenvalue weighted by molar-refractivity contribution is -0.122. The number of nitrogens with one attached hydrogen (secondary N) is 1. The van der Waals surface area contributed by atoms with Gasteiger partial charge in [0.15, 0.2) is 0 Å². The highest BCUT2D eigenvalue weighted by molar-refractivity contribution is 6.42. The predicted octanol–water partition coefficient (Wildman–Crippen LogP) is 4.23. The van der Waals surface area contributed by atoms with E-state index in [0.717, 1.165) is 17.4 Å². The van der Waals surface area contributed by atoms with Crippen molar-refractivity contribution >= 4 is 29.1 Å². The smallest absolute Gasteiger partial charge is 0.220 e. The van der Waals surface area contributed by atoms with Crippen molar-refractivity contribution in [2.24, 2.45) is 11.8 Å². The molecule has 2 aliphatic rings. The third-order valence-corrected chi connectivity index (χ3v) is 5.45. The van der Waals surface area contributed by atoms with Crippen molar-refractivity contribution in [1.82, 2.24) is 5.32 Å². The summed E-state index contributed by atoms with van der Waals surface area (Å²) in [7, 11) is 0. The second kappa shape index (κ2) is 5.95. The summed E-state index contributed by atoms with van der Waals surface area (Å²) in [5, 5.41) is 4.32. The third-order valence-electron chi connectivity index (χ3n) is 4.71. The van der Waals surface area contributed by atoms with Crippen molar-refractivity contribution in [1.29, 1.82) is 0 Å². The molecule has 0 unspecified atom stereocenters. The van der Waals surface area contributed by atoms with Crippen molar-refractivity contribution in [3.8, 4) is 0 Å². The average molecular weight is 312 g/mol. The lowest BCUT2D eigenvalue weighted by atomic mass is 9.95. The van der Waals surface area contributed by atoms with E-state index in [1.807, 2.05) is 12.1 Å². The first-order valence-corrected chi connectivity index (χ1v) is 8.10. The maximum absolute atomic E-state index is 12.0. The first-order chi connectivity index (χ1) is 9.61. The number of amides is 1. The van der Waals surface area contributed by atoms with E-state index >= 15 is 0 Å². The van der Waals surface area contributed by atoms with Crippen LogP contribution in [-0.4, -0.2) is 11.9 Å². The van der Waals surface area contributed by atoms with Crippen LogP contribution in [0.4, 0.5) is 0 Å². The normalized spacial score (nSPS) is 27.8. The molecule has 2 fully saturated rings. The summed E-state index contributed by atoms with van der Waals surface area (Å²) in [5.41, 5.74) is 1.06. The molecule has 1 N–H and O–H groups in total. The number of hydrogen-bond acceptors (Lipinski definition) is 1. The van der Waals surface area contributed by atoms with Crippen LogP contribution >= 0.6 is 23.2 Å². The van der Waals surface area contributed by atoms with E-state index in [1.54, 1.807) is 6.07 Å². The molecule has 1 aromatic carbocycles. The quantitative estimate of drug-likeness (QED) is 0.885. The van der Waals surface area contributed by atoms with Gasteiger partial charge in [-0.05, 0) is 55.2 Å². The fourth-order valence-corrected chi connectivity index (χ4v) is 3.97. The van der Waals surface area contributed by atoms with Crippen LogP contribution in [0.15, 0.2) is 18.2 Å². The fraction of sp³-hybridized carbons (Fsp3) is 0.562. The van der Waals surface area contributed by atoms with Crippen LogP contribution < -0.4 is 5.32 Å². The molecule has 0 spiro atoms. The standard InChI is InChI=1S/C16H19Cl2NO/c17-13-5-2-10(8-14(13)18)3-6-16(20)19-15-9-11-1-4-12(15)7-11/h2,5,8,11-12,15H,1,3-4,6-7,9H2,(H,19,20)/t11-,12-,15-/m1/s1. The number of fused-ring (bicyclic) bond motifs is 2. The van der Waals surface area contributed by atoms with Crippen LogP contribution in [0.1, 0.15) is 37.7 Å². The predicted molar refractivity (Wildman–Crippen MR) is 82.2 cm³/mol. The molecule has 0 saturated heterocycles. The molecule has 1 aromatic rings. The number of halogens is 2. The largest absolute Gasteiger partial charge is 0.353 e. The van der Waals surface area contributed by atoms with Gasteiger partial charge in [-0.15, -0.1) is 0 Å². The fourth-order valence-electron chi connectivity index (χ4n) is 3.65. The molecule has 0 aromatic heterocycles. The van der Waals surface area contributed by atoms with E-state index < -0.39 is 0 Å². The second-order valence-corrected chi connectivity index (χ2v) is 6.91.